The fraction of sp³-hybridized carbons (Fsp3) is 0.474. The van der Waals surface area contributed by atoms with Crippen LogP contribution in [0.2, 0.25) is 0 Å². The molecule has 1 saturated carbocycles. The summed E-state index contributed by atoms with van der Waals surface area (Å²) >= 11 is 0. The first-order valence-electron chi connectivity index (χ1n) is 8.95. The highest BCUT2D eigenvalue weighted by Crippen LogP contribution is 2.26. The van der Waals surface area contributed by atoms with E-state index in [4.69, 9.17) is 0 Å². The number of carboxylic acids is 1. The van der Waals surface area contributed by atoms with E-state index in [1.807, 2.05) is 24.3 Å². The van der Waals surface area contributed by atoms with E-state index in [0.717, 1.165) is 17.7 Å². The smallest absolute Gasteiger partial charge is 0.308 e. The Labute approximate surface area is 152 Å². The maximum Gasteiger partial charge on any atom is 0.308 e. The number of rotatable bonds is 5. The Morgan fingerprint density at radius 2 is 2.00 bits per heavy atom. The zero-order valence-electron chi connectivity index (χ0n) is 15.3. The van der Waals surface area contributed by atoms with Gasteiger partial charge in [0.25, 0.3) is 5.91 Å². The van der Waals surface area contributed by atoms with E-state index < -0.39 is 17.8 Å². The van der Waals surface area contributed by atoms with Gasteiger partial charge in [-0.25, -0.2) is 9.67 Å². The lowest BCUT2D eigenvalue weighted by molar-refractivity contribution is -0.142. The highest BCUT2D eigenvalue weighted by Gasteiger charge is 2.34. The molecule has 3 rings (SSSR count). The zero-order valence-corrected chi connectivity index (χ0v) is 15.3. The Bertz CT molecular complexity index is 828. The molecule has 2 aromatic rings. The number of aromatic nitrogens is 3. The number of aliphatic carboxylic acids is 1. The van der Waals surface area contributed by atoms with Gasteiger partial charge in [-0.2, -0.15) is 0 Å². The van der Waals surface area contributed by atoms with Crippen LogP contribution in [0.15, 0.2) is 24.3 Å². The number of aryl methyl sites for hydroxylation is 1. The molecule has 0 spiro atoms. The predicted octanol–water partition coefficient (Wildman–Crippen LogP) is 2.68. The number of nitrogens with zero attached hydrogens (tertiary/aromatic N) is 3. The summed E-state index contributed by atoms with van der Waals surface area (Å²) in [6, 6.07) is 7.53. The fourth-order valence-electron chi connectivity index (χ4n) is 3.54. The van der Waals surface area contributed by atoms with Crippen molar-refractivity contribution in [3.05, 3.63) is 41.5 Å². The van der Waals surface area contributed by atoms with Crippen LogP contribution in [0.25, 0.3) is 5.69 Å². The summed E-state index contributed by atoms with van der Waals surface area (Å²) in [6.07, 6.45) is 2.05. The average molecular weight is 356 g/mol. The monoisotopic (exact) mass is 356 g/mol. The topological polar surface area (TPSA) is 97.1 Å². The van der Waals surface area contributed by atoms with E-state index >= 15 is 0 Å². The number of benzene rings is 1. The minimum Gasteiger partial charge on any atom is -0.481 e. The normalized spacial score (nSPS) is 19.7. The van der Waals surface area contributed by atoms with Gasteiger partial charge >= 0.3 is 5.97 Å². The molecule has 1 aromatic heterocycles. The molecular formula is C19H24N4O3. The minimum atomic E-state index is -0.867. The van der Waals surface area contributed by atoms with Crippen molar-refractivity contribution in [2.45, 2.75) is 52.0 Å². The number of para-hydroxylation sites is 1. The zero-order chi connectivity index (χ0) is 18.8. The van der Waals surface area contributed by atoms with E-state index in [1.165, 1.54) is 0 Å². The maximum atomic E-state index is 12.5. The standard InChI is InChI=1S/C19H24N4O3/c1-11(2)13-7-4-5-10-16(13)23-12(3)20-17(22-23)18(24)21-15-9-6-8-14(15)19(25)26/h4-5,7,10-11,14-15H,6,8-9H2,1-3H3,(H,21,24)(H,25,26)/t14-,15+/m0/s1. The van der Waals surface area contributed by atoms with E-state index in [2.05, 4.69) is 29.2 Å². The predicted molar refractivity (Wildman–Crippen MR) is 96.4 cm³/mol. The molecule has 7 heteroatoms. The first kappa shape index (κ1) is 18.1. The quantitative estimate of drug-likeness (QED) is 0.858. The molecule has 0 radical (unpaired) electrons. The van der Waals surface area contributed by atoms with E-state index in [-0.39, 0.29) is 11.9 Å². The van der Waals surface area contributed by atoms with Crippen molar-refractivity contribution in [2.75, 3.05) is 0 Å². The van der Waals surface area contributed by atoms with E-state index in [0.29, 0.717) is 24.6 Å². The van der Waals surface area contributed by atoms with Gasteiger partial charge in [-0.3, -0.25) is 9.59 Å². The van der Waals surface area contributed by atoms with Crippen LogP contribution in [0, 0.1) is 12.8 Å². The SMILES string of the molecule is Cc1nc(C(=O)N[C@@H]2CCC[C@@H]2C(=O)O)nn1-c1ccccc1C(C)C. The molecule has 138 valence electrons. The molecule has 1 aliphatic rings. The van der Waals surface area contributed by atoms with Crippen LogP contribution < -0.4 is 5.32 Å². The minimum absolute atomic E-state index is 0.0668. The van der Waals surface area contributed by atoms with Crippen LogP contribution in [0.1, 0.15) is 61.0 Å². The Morgan fingerprint density at radius 1 is 1.27 bits per heavy atom. The average Bonchev–Trinajstić information content (AvgIpc) is 3.21. The van der Waals surface area contributed by atoms with Crippen molar-refractivity contribution in [2.24, 2.45) is 5.92 Å². The Morgan fingerprint density at radius 3 is 2.69 bits per heavy atom. The molecule has 7 nitrogen and oxygen atoms in total. The fourth-order valence-corrected chi connectivity index (χ4v) is 3.54. The highest BCUT2D eigenvalue weighted by molar-refractivity contribution is 5.91. The van der Waals surface area contributed by atoms with Crippen molar-refractivity contribution in [3.63, 3.8) is 0 Å². The second-order valence-electron chi connectivity index (χ2n) is 7.06. The maximum absolute atomic E-state index is 12.5. The molecule has 0 aliphatic heterocycles. The Kier molecular flexibility index (Phi) is 5.06. The Balaban J connectivity index is 1.85. The third-order valence-corrected chi connectivity index (χ3v) is 4.91. The number of amides is 1. The summed E-state index contributed by atoms with van der Waals surface area (Å²) in [5.41, 5.74) is 2.02. The van der Waals surface area contributed by atoms with Gasteiger partial charge in [0, 0.05) is 6.04 Å². The van der Waals surface area contributed by atoms with Crippen LogP contribution in [-0.2, 0) is 4.79 Å². The largest absolute Gasteiger partial charge is 0.481 e. The van der Waals surface area contributed by atoms with Gasteiger partial charge in [0.15, 0.2) is 0 Å². The van der Waals surface area contributed by atoms with Crippen molar-refractivity contribution in [1.29, 1.82) is 0 Å². The van der Waals surface area contributed by atoms with Crippen LogP contribution in [0.4, 0.5) is 0 Å². The lowest BCUT2D eigenvalue weighted by Gasteiger charge is -2.16. The van der Waals surface area contributed by atoms with Gasteiger partial charge < -0.3 is 10.4 Å². The summed E-state index contributed by atoms with van der Waals surface area (Å²) in [7, 11) is 0. The van der Waals surface area contributed by atoms with Crippen molar-refractivity contribution < 1.29 is 14.7 Å². The molecule has 1 amide bonds. The second-order valence-corrected chi connectivity index (χ2v) is 7.06. The highest BCUT2D eigenvalue weighted by atomic mass is 16.4. The second kappa shape index (κ2) is 7.27. The molecule has 26 heavy (non-hydrogen) atoms. The van der Waals surface area contributed by atoms with Crippen LogP contribution in [0.5, 0.6) is 0 Å². The van der Waals surface area contributed by atoms with Crippen molar-refractivity contribution >= 4 is 11.9 Å². The summed E-state index contributed by atoms with van der Waals surface area (Å²) in [6.45, 7) is 6.01. The third-order valence-electron chi connectivity index (χ3n) is 4.91. The lowest BCUT2D eigenvalue weighted by Crippen LogP contribution is -2.40. The van der Waals surface area contributed by atoms with Crippen LogP contribution >= 0.6 is 0 Å². The van der Waals surface area contributed by atoms with E-state index in [1.54, 1.807) is 11.6 Å². The van der Waals surface area contributed by atoms with Gasteiger partial charge in [0.1, 0.15) is 5.82 Å². The van der Waals surface area contributed by atoms with Gasteiger partial charge in [-0.1, -0.05) is 38.5 Å². The molecule has 0 unspecified atom stereocenters. The molecule has 0 bridgehead atoms. The van der Waals surface area contributed by atoms with Gasteiger partial charge in [-0.05, 0) is 37.3 Å². The summed E-state index contributed by atoms with van der Waals surface area (Å²) in [4.78, 5) is 28.1. The molecule has 1 aromatic carbocycles. The molecule has 0 saturated heterocycles. The van der Waals surface area contributed by atoms with Crippen molar-refractivity contribution in [3.8, 4) is 5.69 Å². The number of carboxylic acid groups (broad SMARTS) is 1. The number of carbonyl (C=O) groups excluding carboxylic acids is 1. The van der Waals surface area contributed by atoms with Crippen molar-refractivity contribution in [1.82, 2.24) is 20.1 Å². The Hall–Kier alpha value is -2.70. The molecule has 2 N–H and O–H groups in total. The van der Waals surface area contributed by atoms with E-state index in [9.17, 15) is 14.7 Å². The molecular weight excluding hydrogens is 332 g/mol. The lowest BCUT2D eigenvalue weighted by atomic mass is 10.0. The molecule has 2 atom stereocenters. The molecule has 1 heterocycles. The molecule has 1 fully saturated rings. The summed E-state index contributed by atoms with van der Waals surface area (Å²) in [5, 5.41) is 16.4. The van der Waals surface area contributed by atoms with Gasteiger partial charge in [0.2, 0.25) is 5.82 Å². The van der Waals surface area contributed by atoms with Crippen LogP contribution in [0.3, 0.4) is 0 Å². The van der Waals surface area contributed by atoms with Gasteiger partial charge in [0.05, 0.1) is 11.6 Å². The number of hydrogen-bond acceptors (Lipinski definition) is 4. The number of carbonyl (C=O) groups is 2. The summed E-state index contributed by atoms with van der Waals surface area (Å²) in [5.74, 6) is -0.840. The third kappa shape index (κ3) is 3.47. The van der Waals surface area contributed by atoms with Gasteiger partial charge in [-0.15, -0.1) is 5.10 Å². The van der Waals surface area contributed by atoms with Crippen LogP contribution in [-0.4, -0.2) is 37.8 Å². The first-order chi connectivity index (χ1) is 12.4. The number of nitrogens with one attached hydrogen (secondary N) is 1. The number of hydrogen-bond donors (Lipinski definition) is 2. The summed E-state index contributed by atoms with van der Waals surface area (Å²) < 4.78 is 1.67. The molecule has 1 aliphatic carbocycles. The first-order valence-corrected chi connectivity index (χ1v) is 8.95.